The minimum Gasteiger partial charge on any atom is -0.545 e. The third-order valence-corrected chi connectivity index (χ3v) is 7.26. The molecular formula is C21H18ClLiN4O4S2. The summed E-state index contributed by atoms with van der Waals surface area (Å²) in [5, 5.41) is 17.1. The summed E-state index contributed by atoms with van der Waals surface area (Å²) in [6.45, 7) is 1.70. The van der Waals surface area contributed by atoms with Crippen molar-refractivity contribution in [3.05, 3.63) is 66.3 Å². The van der Waals surface area contributed by atoms with Crippen LogP contribution in [0.5, 0.6) is 0 Å². The number of carboxylic acids is 1. The van der Waals surface area contributed by atoms with E-state index in [2.05, 4.69) is 20.5 Å². The summed E-state index contributed by atoms with van der Waals surface area (Å²) in [7, 11) is 2.01. The van der Waals surface area contributed by atoms with Crippen LogP contribution in [0.15, 0.2) is 30.3 Å². The van der Waals surface area contributed by atoms with Gasteiger partial charge in [0.05, 0.1) is 20.9 Å². The number of halogens is 1. The Morgan fingerprint density at radius 3 is 2.67 bits per heavy atom. The topological polar surface area (TPSA) is 114 Å². The maximum Gasteiger partial charge on any atom is 1.00 e. The van der Waals surface area contributed by atoms with E-state index in [0.29, 0.717) is 19.8 Å². The minimum absolute atomic E-state index is 0. The van der Waals surface area contributed by atoms with Crippen molar-refractivity contribution in [2.45, 2.75) is 19.5 Å². The molecule has 8 nitrogen and oxygen atoms in total. The molecule has 0 saturated heterocycles. The van der Waals surface area contributed by atoms with Crippen molar-refractivity contribution in [1.82, 2.24) is 15.2 Å². The van der Waals surface area contributed by atoms with E-state index in [-0.39, 0.29) is 42.6 Å². The molecule has 4 rings (SSSR count). The monoisotopic (exact) mass is 496 g/mol. The van der Waals surface area contributed by atoms with E-state index >= 15 is 0 Å². The van der Waals surface area contributed by atoms with Gasteiger partial charge in [-0.15, -0.1) is 22.7 Å². The molecule has 1 aliphatic heterocycles. The number of nitrogens with one attached hydrogen (secondary N) is 2. The number of carboxylic acid groups (broad SMARTS) is 1. The molecule has 1 aliphatic rings. The van der Waals surface area contributed by atoms with Crippen molar-refractivity contribution < 1.29 is 38.4 Å². The van der Waals surface area contributed by atoms with Crippen LogP contribution >= 0.6 is 34.3 Å². The number of aromatic nitrogens is 1. The number of thiophene rings is 1. The first-order chi connectivity index (χ1) is 15.3. The van der Waals surface area contributed by atoms with Gasteiger partial charge in [-0.3, -0.25) is 9.59 Å². The van der Waals surface area contributed by atoms with E-state index in [9.17, 15) is 19.5 Å². The van der Waals surface area contributed by atoms with Gasteiger partial charge in [0.2, 0.25) is 0 Å². The summed E-state index contributed by atoms with van der Waals surface area (Å²) in [5.74, 6) is -2.11. The zero-order chi connectivity index (χ0) is 22.8. The quantitative estimate of drug-likeness (QED) is 0.440. The average Bonchev–Trinajstić information content (AvgIpc) is 3.38. The van der Waals surface area contributed by atoms with Gasteiger partial charge >= 0.3 is 18.9 Å². The summed E-state index contributed by atoms with van der Waals surface area (Å²) in [6, 6.07) is 7.47. The largest absolute Gasteiger partial charge is 1.00 e. The van der Waals surface area contributed by atoms with Crippen LogP contribution in [0.2, 0.25) is 4.34 Å². The number of hydrogen-bond donors (Lipinski definition) is 2. The number of amides is 2. The summed E-state index contributed by atoms with van der Waals surface area (Å²) in [6.07, 6.45) is 0.778. The maximum atomic E-state index is 12.9. The standard InChI is InChI=1S/C21H19ClN4O4S2.Li/c1-26-7-6-13-16(10-26)32-20(25-13)19(28)24-14-8-11(21(29)30)2-3-12(14)9-23-18(27)15-4-5-17(22)31-15;/h2-5,8H,6-7,9-10H2,1H3,(H,23,27)(H,24,28)(H,29,30);/q;+1/p-1. The number of benzene rings is 1. The van der Waals surface area contributed by atoms with Crippen molar-refractivity contribution in [3.8, 4) is 0 Å². The van der Waals surface area contributed by atoms with Crippen LogP contribution < -0.4 is 34.6 Å². The normalized spacial score (nSPS) is 13.0. The van der Waals surface area contributed by atoms with Gasteiger partial charge in [0.25, 0.3) is 11.8 Å². The Labute approximate surface area is 215 Å². The predicted molar refractivity (Wildman–Crippen MR) is 121 cm³/mol. The SMILES string of the molecule is CN1CCc2nc(C(=O)Nc3cc(C(=O)[O-])ccc3CNC(=O)c3ccc(Cl)s3)sc2C1.[Li+]. The number of anilines is 1. The first kappa shape index (κ1) is 25.4. The Balaban J connectivity index is 0.00000306. The van der Waals surface area contributed by atoms with E-state index in [4.69, 9.17) is 11.6 Å². The van der Waals surface area contributed by atoms with Crippen LogP contribution in [-0.2, 0) is 19.5 Å². The Kier molecular flexibility index (Phi) is 8.34. The fraction of sp³-hybridized carbons (Fsp3) is 0.238. The Bertz CT molecular complexity index is 1210. The van der Waals surface area contributed by atoms with Crippen LogP contribution in [0.1, 0.15) is 46.0 Å². The Hall–Kier alpha value is -2.19. The molecule has 2 aromatic heterocycles. The van der Waals surface area contributed by atoms with Crippen LogP contribution in [0.3, 0.4) is 0 Å². The molecule has 2 N–H and O–H groups in total. The second-order valence-corrected chi connectivity index (χ2v) is 10.1. The molecular weight excluding hydrogens is 479 g/mol. The molecule has 0 radical (unpaired) electrons. The third-order valence-electron chi connectivity index (χ3n) is 4.95. The molecule has 0 bridgehead atoms. The summed E-state index contributed by atoms with van der Waals surface area (Å²) in [4.78, 5) is 44.6. The number of likely N-dealkylation sites (N-methyl/N-ethyl adjacent to an activating group) is 1. The van der Waals surface area contributed by atoms with Crippen LogP contribution in [0, 0.1) is 0 Å². The van der Waals surface area contributed by atoms with Gasteiger partial charge in [-0.05, 0) is 36.4 Å². The fourth-order valence-electron chi connectivity index (χ4n) is 3.27. The number of fused-ring (bicyclic) bond motifs is 1. The first-order valence-electron chi connectivity index (χ1n) is 9.66. The number of rotatable bonds is 6. The van der Waals surface area contributed by atoms with Crippen LogP contribution in [0.25, 0.3) is 0 Å². The Morgan fingerprint density at radius 2 is 1.97 bits per heavy atom. The van der Waals surface area contributed by atoms with Gasteiger partial charge in [0, 0.05) is 36.6 Å². The number of carbonyl (C=O) groups excluding carboxylic acids is 3. The van der Waals surface area contributed by atoms with Crippen LogP contribution in [-0.4, -0.2) is 41.3 Å². The van der Waals surface area contributed by atoms with Gasteiger partial charge in [-0.2, -0.15) is 0 Å². The van der Waals surface area contributed by atoms with E-state index in [1.54, 1.807) is 12.1 Å². The van der Waals surface area contributed by atoms with Crippen molar-refractivity contribution in [3.63, 3.8) is 0 Å². The van der Waals surface area contributed by atoms with E-state index in [1.807, 2.05) is 7.05 Å². The number of carbonyl (C=O) groups is 3. The van der Waals surface area contributed by atoms with Crippen molar-refractivity contribution in [2.75, 3.05) is 18.9 Å². The smallest absolute Gasteiger partial charge is 0.545 e. The van der Waals surface area contributed by atoms with Gasteiger partial charge in [-0.25, -0.2) is 4.98 Å². The first-order valence-corrected chi connectivity index (χ1v) is 11.7. The number of aromatic carboxylic acids is 1. The minimum atomic E-state index is -1.36. The second kappa shape index (κ2) is 10.8. The van der Waals surface area contributed by atoms with Crippen LogP contribution in [0.4, 0.5) is 5.69 Å². The van der Waals surface area contributed by atoms with E-state index in [1.165, 1.54) is 29.5 Å². The average molecular weight is 497 g/mol. The molecule has 0 aliphatic carbocycles. The summed E-state index contributed by atoms with van der Waals surface area (Å²) in [5.41, 5.74) is 1.65. The summed E-state index contributed by atoms with van der Waals surface area (Å²) >= 11 is 8.35. The molecule has 12 heteroatoms. The van der Waals surface area contributed by atoms with Crippen molar-refractivity contribution >= 4 is 57.7 Å². The number of thiazole rings is 1. The molecule has 166 valence electrons. The Morgan fingerprint density at radius 1 is 1.18 bits per heavy atom. The molecule has 3 heterocycles. The maximum absolute atomic E-state index is 12.9. The zero-order valence-electron chi connectivity index (χ0n) is 17.9. The van der Waals surface area contributed by atoms with Gasteiger partial charge in [0.15, 0.2) is 5.01 Å². The summed E-state index contributed by atoms with van der Waals surface area (Å²) < 4.78 is 0.499. The molecule has 3 aromatic rings. The predicted octanol–water partition coefficient (Wildman–Crippen LogP) is -0.604. The number of nitrogens with zero attached hydrogens (tertiary/aromatic N) is 2. The molecule has 1 aromatic carbocycles. The van der Waals surface area contributed by atoms with Gasteiger partial charge < -0.3 is 25.4 Å². The zero-order valence-corrected chi connectivity index (χ0v) is 20.3. The molecule has 0 unspecified atom stereocenters. The fourth-order valence-corrected chi connectivity index (χ4v) is 5.31. The molecule has 33 heavy (non-hydrogen) atoms. The van der Waals surface area contributed by atoms with E-state index < -0.39 is 11.9 Å². The third kappa shape index (κ3) is 6.03. The van der Waals surface area contributed by atoms with Gasteiger partial charge in [0.1, 0.15) is 0 Å². The molecule has 0 atom stereocenters. The number of hydrogen-bond acceptors (Lipinski definition) is 8. The van der Waals surface area contributed by atoms with Crippen molar-refractivity contribution in [1.29, 1.82) is 0 Å². The molecule has 0 fully saturated rings. The molecule has 0 spiro atoms. The second-order valence-electron chi connectivity index (χ2n) is 7.28. The molecule has 0 saturated carbocycles. The van der Waals surface area contributed by atoms with Crippen molar-refractivity contribution in [2.24, 2.45) is 0 Å². The van der Waals surface area contributed by atoms with Gasteiger partial charge in [-0.1, -0.05) is 23.7 Å². The van der Waals surface area contributed by atoms with E-state index in [0.717, 1.165) is 41.4 Å². The molecule has 2 amide bonds.